The molecule has 0 aromatic heterocycles. The van der Waals surface area contributed by atoms with Crippen molar-refractivity contribution in [1.82, 2.24) is 4.72 Å². The summed E-state index contributed by atoms with van der Waals surface area (Å²) in [5, 5.41) is 2.66. The Hall–Kier alpha value is -2.85. The number of benzene rings is 2. The van der Waals surface area contributed by atoms with Crippen LogP contribution in [-0.4, -0.2) is 44.2 Å². The molecule has 2 amide bonds. The molecule has 2 N–H and O–H groups in total. The lowest BCUT2D eigenvalue weighted by Gasteiger charge is -2.38. The molecule has 0 bridgehead atoms. The van der Waals surface area contributed by atoms with Crippen LogP contribution < -0.4 is 19.7 Å². The fourth-order valence-corrected chi connectivity index (χ4v) is 6.67. The van der Waals surface area contributed by atoms with Gasteiger partial charge in [-0.25, -0.2) is 17.5 Å². The Kier molecular flexibility index (Phi) is 10.2. The fourth-order valence-electron chi connectivity index (χ4n) is 5.14. The summed E-state index contributed by atoms with van der Waals surface area (Å²) in [5.74, 6) is -1.08. The van der Waals surface area contributed by atoms with E-state index in [4.69, 9.17) is 16.3 Å². The molecule has 0 heterocycles. The van der Waals surface area contributed by atoms with Gasteiger partial charge >= 0.3 is 0 Å². The molecule has 2 aromatic carbocycles. The second-order valence-electron chi connectivity index (χ2n) is 11.4. The van der Waals surface area contributed by atoms with Gasteiger partial charge in [0.1, 0.15) is 11.6 Å². The smallest absolute Gasteiger partial charge is 0.274 e. The molecule has 0 spiro atoms. The van der Waals surface area contributed by atoms with Crippen LogP contribution in [0.15, 0.2) is 36.4 Å². The molecule has 41 heavy (non-hydrogen) atoms. The van der Waals surface area contributed by atoms with Crippen LogP contribution in [0.1, 0.15) is 71.3 Å². The third-order valence-corrected chi connectivity index (χ3v) is 9.45. The highest BCUT2D eigenvalue weighted by molar-refractivity contribution is 7.90. The molecule has 2 fully saturated rings. The Balaban J connectivity index is 1.60. The van der Waals surface area contributed by atoms with Gasteiger partial charge in [0.25, 0.3) is 5.91 Å². The van der Waals surface area contributed by atoms with E-state index >= 15 is 0 Å². The van der Waals surface area contributed by atoms with Crippen molar-refractivity contribution < 1.29 is 27.1 Å². The van der Waals surface area contributed by atoms with Crippen LogP contribution in [0.3, 0.4) is 0 Å². The lowest BCUT2D eigenvalue weighted by Crippen LogP contribution is -2.41. The number of rotatable bonds is 12. The van der Waals surface area contributed by atoms with Crippen LogP contribution in [0.4, 0.5) is 15.8 Å². The molecule has 1 unspecified atom stereocenters. The maximum atomic E-state index is 14.4. The molecule has 224 valence electrons. The van der Waals surface area contributed by atoms with Gasteiger partial charge in [-0.15, -0.1) is 0 Å². The van der Waals surface area contributed by atoms with Crippen molar-refractivity contribution >= 4 is 44.8 Å². The zero-order valence-electron chi connectivity index (χ0n) is 23.8. The molecule has 8 nitrogen and oxygen atoms in total. The van der Waals surface area contributed by atoms with Gasteiger partial charge in [-0.3, -0.25) is 9.59 Å². The van der Waals surface area contributed by atoms with E-state index in [0.29, 0.717) is 36.2 Å². The van der Waals surface area contributed by atoms with E-state index in [1.165, 1.54) is 31.5 Å². The first-order valence-corrected chi connectivity index (χ1v) is 16.2. The molecule has 0 radical (unpaired) electrons. The Morgan fingerprint density at radius 2 is 1.76 bits per heavy atom. The van der Waals surface area contributed by atoms with Gasteiger partial charge in [0.2, 0.25) is 15.9 Å². The first-order chi connectivity index (χ1) is 19.4. The number of amides is 2. The van der Waals surface area contributed by atoms with Crippen molar-refractivity contribution in [3.63, 3.8) is 0 Å². The largest absolute Gasteiger partial charge is 0.481 e. The number of ether oxygens (including phenoxy) is 1. The summed E-state index contributed by atoms with van der Waals surface area (Å²) in [4.78, 5) is 28.1. The molecule has 1 atom stereocenters. The number of hydrogen-bond donors (Lipinski definition) is 2. The third-order valence-electron chi connectivity index (χ3n) is 7.38. The number of hydrogen-bond acceptors (Lipinski definition) is 6. The first kappa shape index (κ1) is 31.1. The summed E-state index contributed by atoms with van der Waals surface area (Å²) in [6.07, 6.45) is 5.34. The van der Waals surface area contributed by atoms with E-state index in [1.54, 1.807) is 12.1 Å². The molecule has 11 heteroatoms. The first-order valence-electron chi connectivity index (χ1n) is 14.3. The van der Waals surface area contributed by atoms with E-state index in [1.807, 2.05) is 6.07 Å². The zero-order valence-corrected chi connectivity index (χ0v) is 25.4. The van der Waals surface area contributed by atoms with Crippen molar-refractivity contribution in [3.8, 4) is 5.75 Å². The van der Waals surface area contributed by atoms with E-state index in [0.717, 1.165) is 37.9 Å². The van der Waals surface area contributed by atoms with E-state index in [-0.39, 0.29) is 17.0 Å². The second-order valence-corrected chi connectivity index (χ2v) is 13.8. The predicted octanol–water partition coefficient (Wildman–Crippen LogP) is 5.83. The number of nitrogens with zero attached hydrogens (tertiary/aromatic N) is 1. The molecule has 0 saturated heterocycles. The van der Waals surface area contributed by atoms with Gasteiger partial charge in [-0.1, -0.05) is 50.8 Å². The Morgan fingerprint density at radius 3 is 2.39 bits per heavy atom. The molecule has 2 saturated carbocycles. The SMILES string of the molecule is CC(C)CN(c1ccc(OC(C)C(=O)NS(=O)(=O)C2CC2)cc1NC(=O)Cc1ccc(Cl)cc1F)C1CCCCC1. The van der Waals surface area contributed by atoms with Crippen LogP contribution in [0.25, 0.3) is 0 Å². The highest BCUT2D eigenvalue weighted by atomic mass is 35.5. The fraction of sp³-hybridized carbons (Fsp3) is 0.533. The van der Waals surface area contributed by atoms with Crippen molar-refractivity contribution in [2.24, 2.45) is 5.92 Å². The molecular weight excluding hydrogens is 569 g/mol. The second kappa shape index (κ2) is 13.4. The third kappa shape index (κ3) is 8.58. The lowest BCUT2D eigenvalue weighted by atomic mass is 9.93. The molecule has 0 aliphatic heterocycles. The zero-order chi connectivity index (χ0) is 29.7. The molecule has 2 aromatic rings. The van der Waals surface area contributed by atoms with Gasteiger partial charge in [0, 0.05) is 23.7 Å². The number of halogens is 2. The number of anilines is 2. The number of nitrogens with one attached hydrogen (secondary N) is 2. The molecule has 4 rings (SSSR count). The lowest BCUT2D eigenvalue weighted by molar-refractivity contribution is -0.125. The Morgan fingerprint density at radius 1 is 1.05 bits per heavy atom. The minimum Gasteiger partial charge on any atom is -0.481 e. The average Bonchev–Trinajstić information content (AvgIpc) is 3.76. The van der Waals surface area contributed by atoms with Crippen molar-refractivity contribution in [2.75, 3.05) is 16.8 Å². The van der Waals surface area contributed by atoms with Crippen molar-refractivity contribution in [1.29, 1.82) is 0 Å². The summed E-state index contributed by atoms with van der Waals surface area (Å²) in [5.41, 5.74) is 1.51. The number of sulfonamides is 1. The number of carbonyl (C=O) groups excluding carboxylic acids is 2. The van der Waals surface area contributed by atoms with E-state index in [9.17, 15) is 22.4 Å². The number of carbonyl (C=O) groups is 2. The summed E-state index contributed by atoms with van der Waals surface area (Å²) >= 11 is 5.87. The highest BCUT2D eigenvalue weighted by Crippen LogP contribution is 2.36. The van der Waals surface area contributed by atoms with Gasteiger partial charge in [-0.2, -0.15) is 0 Å². The molecule has 2 aliphatic carbocycles. The summed E-state index contributed by atoms with van der Waals surface area (Å²) in [6, 6.07) is 9.72. The monoisotopic (exact) mass is 607 g/mol. The van der Waals surface area contributed by atoms with Gasteiger partial charge in [0.15, 0.2) is 6.10 Å². The van der Waals surface area contributed by atoms with Gasteiger partial charge in [0.05, 0.1) is 23.0 Å². The minimum absolute atomic E-state index is 0.195. The minimum atomic E-state index is -3.71. The highest BCUT2D eigenvalue weighted by Gasteiger charge is 2.37. The Bertz CT molecular complexity index is 1360. The van der Waals surface area contributed by atoms with Gasteiger partial charge in [-0.05, 0) is 68.4 Å². The quantitative estimate of drug-likeness (QED) is 0.315. The predicted molar refractivity (Wildman–Crippen MR) is 159 cm³/mol. The molecule has 2 aliphatic rings. The summed E-state index contributed by atoms with van der Waals surface area (Å²) < 4.78 is 46.8. The summed E-state index contributed by atoms with van der Waals surface area (Å²) in [7, 11) is -3.71. The average molecular weight is 608 g/mol. The van der Waals surface area contributed by atoms with Crippen LogP contribution in [0.2, 0.25) is 5.02 Å². The van der Waals surface area contributed by atoms with E-state index < -0.39 is 39.0 Å². The van der Waals surface area contributed by atoms with E-state index in [2.05, 4.69) is 28.8 Å². The summed E-state index contributed by atoms with van der Waals surface area (Å²) in [6.45, 7) is 6.54. The van der Waals surface area contributed by atoms with Crippen LogP contribution >= 0.6 is 11.6 Å². The van der Waals surface area contributed by atoms with Gasteiger partial charge < -0.3 is 15.0 Å². The normalized spacial score (nSPS) is 16.7. The maximum absolute atomic E-state index is 14.4. The van der Waals surface area contributed by atoms with Crippen molar-refractivity contribution in [3.05, 3.63) is 52.8 Å². The Labute approximate surface area is 247 Å². The maximum Gasteiger partial charge on any atom is 0.274 e. The van der Waals surface area contributed by atoms with Crippen LogP contribution in [0, 0.1) is 11.7 Å². The van der Waals surface area contributed by atoms with Crippen LogP contribution in [-0.2, 0) is 26.0 Å². The molecular formula is C30H39ClFN3O5S. The van der Waals surface area contributed by atoms with Crippen molar-refractivity contribution in [2.45, 2.75) is 89.5 Å². The standard InChI is InChI=1S/C30H39ClFN3O5S/c1-19(2)18-35(23-7-5-4-6-8-23)28-14-11-24(40-20(3)30(37)34-41(38,39)25-12-13-25)17-27(28)33-29(36)15-21-9-10-22(31)16-26(21)32/h9-11,14,16-17,19-20,23,25H,4-8,12-13,15,18H2,1-3H3,(H,33,36)(H,34,37). The van der Waals surface area contributed by atoms with Crippen LogP contribution in [0.5, 0.6) is 5.75 Å². The topological polar surface area (TPSA) is 105 Å².